The van der Waals surface area contributed by atoms with Crippen molar-refractivity contribution in [2.45, 2.75) is 19.1 Å². The van der Waals surface area contributed by atoms with Crippen molar-refractivity contribution in [1.82, 2.24) is 0 Å². The van der Waals surface area contributed by atoms with Gasteiger partial charge in [0.1, 0.15) is 12.2 Å². The third kappa shape index (κ3) is 2.06. The van der Waals surface area contributed by atoms with E-state index in [0.717, 1.165) is 0 Å². The summed E-state index contributed by atoms with van der Waals surface area (Å²) >= 11 is 0. The van der Waals surface area contributed by atoms with Gasteiger partial charge < -0.3 is 20.4 Å². The second kappa shape index (κ2) is 3.54. The molecule has 0 aromatic carbocycles. The van der Waals surface area contributed by atoms with Crippen LogP contribution in [-0.4, -0.2) is 36.5 Å². The molecule has 1 aliphatic rings. The molecule has 0 aromatic heterocycles. The van der Waals surface area contributed by atoms with Crippen LogP contribution in [0.4, 0.5) is 0 Å². The van der Waals surface area contributed by atoms with Gasteiger partial charge in [0.25, 0.3) is 0 Å². The second-order valence-electron chi connectivity index (χ2n) is 2.46. The molecule has 64 valence electrons. The Kier molecular flexibility index (Phi) is 2.67. The first-order valence-corrected chi connectivity index (χ1v) is 3.44. The fourth-order valence-corrected chi connectivity index (χ4v) is 0.732. The zero-order valence-electron chi connectivity index (χ0n) is 6.36. The molecule has 11 heavy (non-hydrogen) atoms. The first kappa shape index (κ1) is 8.29. The van der Waals surface area contributed by atoms with Gasteiger partial charge in [-0.15, -0.1) is 0 Å². The van der Waals surface area contributed by atoms with E-state index in [2.05, 4.69) is 5.16 Å². The van der Waals surface area contributed by atoms with E-state index in [4.69, 9.17) is 20.4 Å². The number of hydrogen-bond acceptors (Lipinski definition) is 4. The van der Waals surface area contributed by atoms with E-state index in [9.17, 15) is 0 Å². The lowest BCUT2D eigenvalue weighted by Crippen LogP contribution is -2.42. The van der Waals surface area contributed by atoms with Gasteiger partial charge in [-0.25, -0.2) is 0 Å². The molecule has 1 heterocycles. The highest BCUT2D eigenvalue weighted by atomic mass is 16.6. The van der Waals surface area contributed by atoms with E-state index in [1.807, 2.05) is 0 Å². The van der Waals surface area contributed by atoms with Crippen LogP contribution in [0.15, 0.2) is 5.16 Å². The highest BCUT2D eigenvalue weighted by Crippen LogP contribution is 2.08. The second-order valence-corrected chi connectivity index (χ2v) is 2.46. The van der Waals surface area contributed by atoms with Crippen molar-refractivity contribution in [3.63, 3.8) is 0 Å². The van der Waals surface area contributed by atoms with Crippen LogP contribution in [-0.2, 0) is 9.47 Å². The predicted molar refractivity (Wildman–Crippen MR) is 38.6 cm³/mol. The van der Waals surface area contributed by atoms with Gasteiger partial charge in [0, 0.05) is 0 Å². The largest absolute Gasteiger partial charge is 0.409 e. The molecule has 1 aliphatic heterocycles. The van der Waals surface area contributed by atoms with E-state index >= 15 is 0 Å². The van der Waals surface area contributed by atoms with Gasteiger partial charge in [-0.05, 0) is 6.92 Å². The molecule has 0 radical (unpaired) electrons. The summed E-state index contributed by atoms with van der Waals surface area (Å²) < 4.78 is 10.2. The Labute approximate surface area is 64.8 Å². The molecule has 1 saturated heterocycles. The molecule has 0 aliphatic carbocycles. The summed E-state index contributed by atoms with van der Waals surface area (Å²) in [7, 11) is 0. The lowest BCUT2D eigenvalue weighted by molar-refractivity contribution is -0.138. The van der Waals surface area contributed by atoms with Gasteiger partial charge in [-0.2, -0.15) is 0 Å². The minimum atomic E-state index is -0.339. The van der Waals surface area contributed by atoms with Crippen LogP contribution in [0, 0.1) is 0 Å². The zero-order chi connectivity index (χ0) is 8.27. The summed E-state index contributed by atoms with van der Waals surface area (Å²) in [6.07, 6.45) is -0.237. The number of nitrogens with two attached hydrogens (primary N) is 1. The molecule has 1 rings (SSSR count). The third-order valence-electron chi connectivity index (χ3n) is 1.54. The maximum atomic E-state index is 8.26. The molecule has 0 spiro atoms. The van der Waals surface area contributed by atoms with Gasteiger partial charge in [-0.3, -0.25) is 0 Å². The van der Waals surface area contributed by atoms with E-state index in [1.165, 1.54) is 0 Å². The summed E-state index contributed by atoms with van der Waals surface area (Å²) in [5, 5.41) is 11.1. The molecule has 1 unspecified atom stereocenters. The van der Waals surface area contributed by atoms with Gasteiger partial charge in [0.15, 0.2) is 5.84 Å². The zero-order valence-corrected chi connectivity index (χ0v) is 6.36. The first-order valence-electron chi connectivity index (χ1n) is 3.44. The Balaban J connectivity index is 2.24. The molecule has 1 atom stereocenters. The summed E-state index contributed by atoms with van der Waals surface area (Å²) in [4.78, 5) is 0. The van der Waals surface area contributed by atoms with Crippen LogP contribution < -0.4 is 5.73 Å². The Bertz CT molecular complexity index is 156. The summed E-state index contributed by atoms with van der Waals surface area (Å²) in [6.45, 7) is 2.93. The van der Waals surface area contributed by atoms with Crippen LogP contribution in [0.5, 0.6) is 0 Å². The summed E-state index contributed by atoms with van der Waals surface area (Å²) in [5.41, 5.74) is 5.28. The standard InChI is InChI=1S/C6H12N2O3/c1-4(6(7)8-9)11-5-2-10-3-5/h4-5,9H,2-3H2,1H3,(H2,7,8). The van der Waals surface area contributed by atoms with Crippen molar-refractivity contribution >= 4 is 5.84 Å². The molecule has 5 heteroatoms. The van der Waals surface area contributed by atoms with E-state index in [-0.39, 0.29) is 18.0 Å². The van der Waals surface area contributed by atoms with E-state index in [0.29, 0.717) is 13.2 Å². The number of amidine groups is 1. The maximum absolute atomic E-state index is 8.26. The number of oxime groups is 1. The smallest absolute Gasteiger partial charge is 0.168 e. The van der Waals surface area contributed by atoms with Gasteiger partial charge >= 0.3 is 0 Å². The monoisotopic (exact) mass is 160 g/mol. The minimum Gasteiger partial charge on any atom is -0.409 e. The quantitative estimate of drug-likeness (QED) is 0.253. The van der Waals surface area contributed by atoms with Crippen LogP contribution in [0.2, 0.25) is 0 Å². The highest BCUT2D eigenvalue weighted by Gasteiger charge is 2.22. The van der Waals surface area contributed by atoms with Crippen molar-refractivity contribution in [3.8, 4) is 0 Å². The number of rotatable bonds is 3. The molecular weight excluding hydrogens is 148 g/mol. The van der Waals surface area contributed by atoms with E-state index < -0.39 is 0 Å². The van der Waals surface area contributed by atoms with Crippen molar-refractivity contribution in [1.29, 1.82) is 0 Å². The fourth-order valence-electron chi connectivity index (χ4n) is 0.732. The Morgan fingerprint density at radius 2 is 2.45 bits per heavy atom. The summed E-state index contributed by atoms with van der Waals surface area (Å²) in [6, 6.07) is 0. The number of ether oxygens (including phenoxy) is 2. The Hall–Kier alpha value is -0.810. The van der Waals surface area contributed by atoms with Gasteiger partial charge in [0.2, 0.25) is 0 Å². The average molecular weight is 160 g/mol. The molecule has 0 bridgehead atoms. The van der Waals surface area contributed by atoms with Crippen LogP contribution >= 0.6 is 0 Å². The number of hydrogen-bond donors (Lipinski definition) is 2. The SMILES string of the molecule is CC(OC1COC1)C(N)=NO. The van der Waals surface area contributed by atoms with Gasteiger partial charge in [0.05, 0.1) is 13.2 Å². The van der Waals surface area contributed by atoms with Crippen molar-refractivity contribution in [2.24, 2.45) is 10.9 Å². The normalized spacial score (nSPS) is 22.8. The molecule has 5 nitrogen and oxygen atoms in total. The first-order chi connectivity index (χ1) is 5.24. The Morgan fingerprint density at radius 3 is 2.82 bits per heavy atom. The molecule has 3 N–H and O–H groups in total. The Morgan fingerprint density at radius 1 is 1.82 bits per heavy atom. The van der Waals surface area contributed by atoms with Crippen LogP contribution in [0.25, 0.3) is 0 Å². The lowest BCUT2D eigenvalue weighted by Gasteiger charge is -2.28. The average Bonchev–Trinajstić information content (AvgIpc) is 1.94. The van der Waals surface area contributed by atoms with Crippen LogP contribution in [0.3, 0.4) is 0 Å². The third-order valence-corrected chi connectivity index (χ3v) is 1.54. The maximum Gasteiger partial charge on any atom is 0.168 e. The van der Waals surface area contributed by atoms with Crippen molar-refractivity contribution in [3.05, 3.63) is 0 Å². The molecule has 1 fully saturated rings. The fraction of sp³-hybridized carbons (Fsp3) is 0.833. The predicted octanol–water partition coefficient (Wildman–Crippen LogP) is -0.463. The van der Waals surface area contributed by atoms with E-state index in [1.54, 1.807) is 6.92 Å². The van der Waals surface area contributed by atoms with Crippen molar-refractivity contribution < 1.29 is 14.7 Å². The molecule has 0 amide bonds. The van der Waals surface area contributed by atoms with Crippen LogP contribution in [0.1, 0.15) is 6.92 Å². The van der Waals surface area contributed by atoms with Gasteiger partial charge in [-0.1, -0.05) is 5.16 Å². The lowest BCUT2D eigenvalue weighted by atomic mass is 10.3. The minimum absolute atomic E-state index is 0.0944. The highest BCUT2D eigenvalue weighted by molar-refractivity contribution is 5.83. The number of nitrogens with zero attached hydrogens (tertiary/aromatic N) is 1. The topological polar surface area (TPSA) is 77.1 Å². The summed E-state index contributed by atoms with van der Waals surface area (Å²) in [5.74, 6) is 0.0944. The van der Waals surface area contributed by atoms with Crippen molar-refractivity contribution in [2.75, 3.05) is 13.2 Å². The molecule has 0 saturated carbocycles. The molecule has 0 aromatic rings. The molecular formula is C6H12N2O3.